The molecule has 0 aliphatic carbocycles. The number of nitrogens with zero attached hydrogens (tertiary/aromatic N) is 4. The fourth-order valence-electron chi connectivity index (χ4n) is 4.55. The van der Waals surface area contributed by atoms with Crippen LogP contribution in [0.4, 0.5) is 0 Å². The molecule has 2 saturated heterocycles. The maximum absolute atomic E-state index is 5.26. The molecule has 29 heavy (non-hydrogen) atoms. The number of aromatic nitrogens is 2. The largest absolute Gasteiger partial charge is 0.497 e. The first kappa shape index (κ1) is 22.1. The third-order valence-electron chi connectivity index (χ3n) is 6.32. The van der Waals surface area contributed by atoms with Gasteiger partial charge in [0.2, 0.25) is 0 Å². The number of hydrogen-bond acceptors (Lipinski definition) is 5. The van der Waals surface area contributed by atoms with E-state index in [2.05, 4.69) is 45.8 Å². The minimum Gasteiger partial charge on any atom is -0.497 e. The molecular formula is C22H34ClN5O. The Labute approximate surface area is 180 Å². The van der Waals surface area contributed by atoms with E-state index in [0.717, 1.165) is 43.7 Å². The summed E-state index contributed by atoms with van der Waals surface area (Å²) in [6.07, 6.45) is 1.29. The highest BCUT2D eigenvalue weighted by Gasteiger charge is 2.29. The summed E-state index contributed by atoms with van der Waals surface area (Å²) < 4.78 is 7.41. The monoisotopic (exact) mass is 419 g/mol. The number of ether oxygens (including phenoxy) is 1. The summed E-state index contributed by atoms with van der Waals surface area (Å²) in [5.41, 5.74) is 5.10. The number of halogens is 1. The van der Waals surface area contributed by atoms with E-state index < -0.39 is 0 Å². The molecule has 3 heterocycles. The normalized spacial score (nSPS) is 20.6. The van der Waals surface area contributed by atoms with Crippen molar-refractivity contribution < 1.29 is 4.74 Å². The van der Waals surface area contributed by atoms with Gasteiger partial charge in [-0.15, -0.1) is 12.4 Å². The summed E-state index contributed by atoms with van der Waals surface area (Å²) in [5, 5.41) is 8.30. The summed E-state index contributed by atoms with van der Waals surface area (Å²) in [4.78, 5) is 5.28. The quantitative estimate of drug-likeness (QED) is 0.779. The second kappa shape index (κ2) is 9.94. The lowest BCUT2D eigenvalue weighted by atomic mass is 10.1. The molecule has 160 valence electrons. The zero-order chi connectivity index (χ0) is 19.5. The summed E-state index contributed by atoms with van der Waals surface area (Å²) in [6, 6.07) is 8.99. The second-order valence-electron chi connectivity index (χ2n) is 8.12. The minimum atomic E-state index is 0. The number of rotatable bonds is 6. The molecule has 2 fully saturated rings. The Morgan fingerprint density at radius 1 is 1.07 bits per heavy atom. The lowest BCUT2D eigenvalue weighted by Gasteiger charge is -2.32. The fraction of sp³-hybridized carbons (Fsp3) is 0.591. The van der Waals surface area contributed by atoms with Gasteiger partial charge in [-0.3, -0.25) is 14.5 Å². The van der Waals surface area contributed by atoms with E-state index in [1.54, 1.807) is 7.11 Å². The summed E-state index contributed by atoms with van der Waals surface area (Å²) in [7, 11) is 1.70. The van der Waals surface area contributed by atoms with Crippen molar-refractivity contribution in [2.75, 3.05) is 46.4 Å². The number of benzene rings is 1. The number of piperazine rings is 1. The Morgan fingerprint density at radius 2 is 1.79 bits per heavy atom. The standard InChI is InChI=1S/C22H33N5O.ClH/c1-17-22(16-25-11-8-20(15-25)26-12-9-23-10-13-26)18(2)27(24-17)14-19-4-6-21(28-3)7-5-19;/h4-7,20,23H,8-16H2,1-3H3;1H. The van der Waals surface area contributed by atoms with E-state index in [-0.39, 0.29) is 12.4 Å². The van der Waals surface area contributed by atoms with Crippen LogP contribution in [0, 0.1) is 13.8 Å². The molecule has 0 spiro atoms. The van der Waals surface area contributed by atoms with E-state index in [1.165, 1.54) is 49.4 Å². The third-order valence-corrected chi connectivity index (χ3v) is 6.32. The average Bonchev–Trinajstić information content (AvgIpc) is 3.30. The van der Waals surface area contributed by atoms with E-state index in [9.17, 15) is 0 Å². The van der Waals surface area contributed by atoms with Gasteiger partial charge in [-0.05, 0) is 38.0 Å². The van der Waals surface area contributed by atoms with Gasteiger partial charge < -0.3 is 10.1 Å². The van der Waals surface area contributed by atoms with Crippen LogP contribution < -0.4 is 10.1 Å². The van der Waals surface area contributed by atoms with Gasteiger partial charge in [-0.2, -0.15) is 5.10 Å². The first-order valence-electron chi connectivity index (χ1n) is 10.5. The van der Waals surface area contributed by atoms with Gasteiger partial charge in [0, 0.05) is 63.1 Å². The van der Waals surface area contributed by atoms with Gasteiger partial charge in [-0.1, -0.05) is 12.1 Å². The molecule has 1 N–H and O–H groups in total. The van der Waals surface area contributed by atoms with Crippen molar-refractivity contribution in [2.45, 2.75) is 39.4 Å². The van der Waals surface area contributed by atoms with E-state index in [4.69, 9.17) is 9.84 Å². The molecule has 6 nitrogen and oxygen atoms in total. The predicted octanol–water partition coefficient (Wildman–Crippen LogP) is 2.46. The van der Waals surface area contributed by atoms with Gasteiger partial charge in [0.15, 0.2) is 0 Å². The van der Waals surface area contributed by atoms with Crippen LogP contribution in [0.3, 0.4) is 0 Å². The summed E-state index contributed by atoms with van der Waals surface area (Å²) in [6.45, 7) is 13.2. The molecular weight excluding hydrogens is 386 g/mol. The van der Waals surface area contributed by atoms with Crippen molar-refractivity contribution in [1.82, 2.24) is 24.9 Å². The van der Waals surface area contributed by atoms with Crippen LogP contribution in [0.5, 0.6) is 5.75 Å². The third kappa shape index (κ3) is 5.12. The van der Waals surface area contributed by atoms with Crippen LogP contribution in [0.25, 0.3) is 0 Å². The molecule has 2 aliphatic heterocycles. The molecule has 7 heteroatoms. The summed E-state index contributed by atoms with van der Waals surface area (Å²) >= 11 is 0. The van der Waals surface area contributed by atoms with Gasteiger partial charge in [0.1, 0.15) is 5.75 Å². The number of likely N-dealkylation sites (tertiary alicyclic amines) is 1. The van der Waals surface area contributed by atoms with E-state index in [1.807, 2.05) is 12.1 Å². The number of aryl methyl sites for hydroxylation is 1. The minimum absolute atomic E-state index is 0. The predicted molar refractivity (Wildman–Crippen MR) is 119 cm³/mol. The topological polar surface area (TPSA) is 45.6 Å². The Bertz CT molecular complexity index is 785. The van der Waals surface area contributed by atoms with Crippen LogP contribution in [-0.4, -0.2) is 72.0 Å². The molecule has 1 atom stereocenters. The zero-order valence-corrected chi connectivity index (χ0v) is 18.7. The number of methoxy groups -OCH3 is 1. The Morgan fingerprint density at radius 3 is 2.48 bits per heavy atom. The van der Waals surface area contributed by atoms with Crippen molar-refractivity contribution in [3.8, 4) is 5.75 Å². The van der Waals surface area contributed by atoms with Crippen molar-refractivity contribution in [2.24, 2.45) is 0 Å². The van der Waals surface area contributed by atoms with Crippen molar-refractivity contribution in [1.29, 1.82) is 0 Å². The van der Waals surface area contributed by atoms with Gasteiger partial charge >= 0.3 is 0 Å². The molecule has 2 aliphatic rings. The van der Waals surface area contributed by atoms with Gasteiger partial charge in [0.25, 0.3) is 0 Å². The smallest absolute Gasteiger partial charge is 0.118 e. The molecule has 1 aromatic carbocycles. The zero-order valence-electron chi connectivity index (χ0n) is 17.9. The van der Waals surface area contributed by atoms with E-state index in [0.29, 0.717) is 0 Å². The SMILES string of the molecule is COc1ccc(Cn2nc(C)c(CN3CCC(N4CCNCC4)C3)c2C)cc1.Cl. The molecule has 1 aromatic heterocycles. The number of nitrogens with one attached hydrogen (secondary N) is 1. The summed E-state index contributed by atoms with van der Waals surface area (Å²) in [5.74, 6) is 0.894. The first-order chi connectivity index (χ1) is 13.6. The first-order valence-corrected chi connectivity index (χ1v) is 10.5. The number of hydrogen-bond donors (Lipinski definition) is 1. The highest BCUT2D eigenvalue weighted by Crippen LogP contribution is 2.22. The van der Waals surface area contributed by atoms with Crippen LogP contribution in [0.15, 0.2) is 24.3 Å². The van der Waals surface area contributed by atoms with Crippen molar-refractivity contribution in [3.63, 3.8) is 0 Å². The maximum atomic E-state index is 5.26. The second-order valence-corrected chi connectivity index (χ2v) is 8.12. The lowest BCUT2D eigenvalue weighted by Crippen LogP contribution is -2.49. The van der Waals surface area contributed by atoms with Gasteiger partial charge in [0.05, 0.1) is 19.3 Å². The molecule has 1 unspecified atom stereocenters. The van der Waals surface area contributed by atoms with Crippen molar-refractivity contribution in [3.05, 3.63) is 46.8 Å². The van der Waals surface area contributed by atoms with Crippen LogP contribution in [0.1, 0.15) is 28.9 Å². The highest BCUT2D eigenvalue weighted by atomic mass is 35.5. The molecule has 0 saturated carbocycles. The van der Waals surface area contributed by atoms with Gasteiger partial charge in [-0.25, -0.2) is 0 Å². The van der Waals surface area contributed by atoms with Crippen molar-refractivity contribution >= 4 is 12.4 Å². The fourth-order valence-corrected chi connectivity index (χ4v) is 4.55. The van der Waals surface area contributed by atoms with Crippen LogP contribution >= 0.6 is 12.4 Å². The van der Waals surface area contributed by atoms with E-state index >= 15 is 0 Å². The van der Waals surface area contributed by atoms with Crippen LogP contribution in [-0.2, 0) is 13.1 Å². The highest BCUT2D eigenvalue weighted by molar-refractivity contribution is 5.85. The Balaban J connectivity index is 0.00000240. The Hall–Kier alpha value is -1.60. The molecule has 4 rings (SSSR count). The molecule has 2 aromatic rings. The lowest BCUT2D eigenvalue weighted by molar-refractivity contribution is 0.170. The average molecular weight is 420 g/mol. The molecule has 0 radical (unpaired) electrons. The van der Waals surface area contributed by atoms with Crippen LogP contribution in [0.2, 0.25) is 0 Å². The Kier molecular flexibility index (Phi) is 7.57. The molecule has 0 amide bonds. The maximum Gasteiger partial charge on any atom is 0.118 e. The molecule has 0 bridgehead atoms.